The van der Waals surface area contributed by atoms with E-state index in [0.29, 0.717) is 24.1 Å². The van der Waals surface area contributed by atoms with Gasteiger partial charge in [-0.1, -0.05) is 12.1 Å². The summed E-state index contributed by atoms with van der Waals surface area (Å²) in [5.74, 6) is -0.663. The van der Waals surface area contributed by atoms with Gasteiger partial charge in [0, 0.05) is 6.42 Å². The van der Waals surface area contributed by atoms with Crippen molar-refractivity contribution < 1.29 is 27.5 Å². The molecule has 0 aliphatic carbocycles. The highest BCUT2D eigenvalue weighted by molar-refractivity contribution is 5.96. The molecule has 0 amide bonds. The topological polar surface area (TPSA) is 56.3 Å². The van der Waals surface area contributed by atoms with E-state index in [9.17, 15) is 22.8 Å². The van der Waals surface area contributed by atoms with Crippen molar-refractivity contribution in [3.8, 4) is 0 Å². The minimum atomic E-state index is -4.35. The Morgan fingerprint density at radius 2 is 1.74 bits per heavy atom. The highest BCUT2D eigenvalue weighted by Gasteiger charge is 2.29. The average molecular weight is 379 g/mol. The van der Waals surface area contributed by atoms with E-state index >= 15 is 0 Å². The predicted molar refractivity (Wildman–Crippen MR) is 93.6 cm³/mol. The second kappa shape index (κ2) is 8.79. The van der Waals surface area contributed by atoms with Gasteiger partial charge in [0.1, 0.15) is 5.69 Å². The first-order valence-electron chi connectivity index (χ1n) is 8.56. The molecule has 0 saturated heterocycles. The van der Waals surface area contributed by atoms with Gasteiger partial charge in [0.15, 0.2) is 5.78 Å². The molecule has 1 heterocycles. The summed E-state index contributed by atoms with van der Waals surface area (Å²) >= 11 is 0. The monoisotopic (exact) mass is 379 g/mol. The highest BCUT2D eigenvalue weighted by Crippen LogP contribution is 2.29. The third-order valence-corrected chi connectivity index (χ3v) is 4.02. The number of ether oxygens (including phenoxy) is 1. The lowest BCUT2D eigenvalue weighted by molar-refractivity contribution is -0.137. The smallest absolute Gasteiger partial charge is 0.416 e. The number of halogens is 3. The first-order chi connectivity index (χ1) is 12.7. The SMILES string of the molecule is CCOC(=O)c1ccc(C(=O)CCCc2ccc(C(F)(F)F)cc2)nc1C. The molecule has 0 atom stereocenters. The van der Waals surface area contributed by atoms with E-state index in [0.717, 1.165) is 17.7 Å². The van der Waals surface area contributed by atoms with Crippen molar-refractivity contribution in [1.29, 1.82) is 0 Å². The van der Waals surface area contributed by atoms with Gasteiger partial charge in [-0.15, -0.1) is 0 Å². The van der Waals surface area contributed by atoms with Crippen molar-refractivity contribution in [2.45, 2.75) is 39.3 Å². The Labute approximate surface area is 155 Å². The average Bonchev–Trinajstić information content (AvgIpc) is 2.61. The van der Waals surface area contributed by atoms with E-state index in [-0.39, 0.29) is 24.5 Å². The highest BCUT2D eigenvalue weighted by atomic mass is 19.4. The summed E-state index contributed by atoms with van der Waals surface area (Å²) in [6.45, 7) is 3.59. The Hall–Kier alpha value is -2.70. The van der Waals surface area contributed by atoms with Crippen LogP contribution in [0.3, 0.4) is 0 Å². The standard InChI is InChI=1S/C20H20F3NO3/c1-3-27-19(26)16-11-12-17(24-13(16)2)18(25)6-4-5-14-7-9-15(10-8-14)20(21,22)23/h7-12H,3-6H2,1-2H3. The van der Waals surface area contributed by atoms with Crippen LogP contribution in [0.25, 0.3) is 0 Å². The number of aromatic nitrogens is 1. The van der Waals surface area contributed by atoms with E-state index in [1.165, 1.54) is 24.3 Å². The van der Waals surface area contributed by atoms with E-state index in [1.807, 2.05) is 0 Å². The first-order valence-corrected chi connectivity index (χ1v) is 8.56. The maximum atomic E-state index is 12.5. The predicted octanol–water partition coefficient (Wildman–Crippen LogP) is 4.79. The van der Waals surface area contributed by atoms with Crippen molar-refractivity contribution in [2.24, 2.45) is 0 Å². The molecule has 0 spiro atoms. The van der Waals surface area contributed by atoms with Crippen molar-refractivity contribution in [3.63, 3.8) is 0 Å². The molecule has 0 aliphatic heterocycles. The summed E-state index contributed by atoms with van der Waals surface area (Å²) in [5, 5.41) is 0. The van der Waals surface area contributed by atoms with Crippen LogP contribution in [0.15, 0.2) is 36.4 Å². The summed E-state index contributed by atoms with van der Waals surface area (Å²) in [5.41, 5.74) is 1.04. The van der Waals surface area contributed by atoms with Crippen LogP contribution in [-0.2, 0) is 17.3 Å². The lowest BCUT2D eigenvalue weighted by atomic mass is 10.0. The molecule has 0 N–H and O–H groups in total. The number of aryl methyl sites for hydroxylation is 2. The summed E-state index contributed by atoms with van der Waals surface area (Å²) in [7, 11) is 0. The lowest BCUT2D eigenvalue weighted by Crippen LogP contribution is -2.11. The third-order valence-electron chi connectivity index (χ3n) is 4.02. The second-order valence-electron chi connectivity index (χ2n) is 6.02. The number of carbonyl (C=O) groups is 2. The normalized spacial score (nSPS) is 11.3. The number of rotatable bonds is 7. The molecular weight excluding hydrogens is 359 g/mol. The number of ketones is 1. The number of alkyl halides is 3. The van der Waals surface area contributed by atoms with Crippen LogP contribution in [0.4, 0.5) is 13.2 Å². The third kappa shape index (κ3) is 5.64. The fourth-order valence-electron chi connectivity index (χ4n) is 2.58. The van der Waals surface area contributed by atoms with Crippen LogP contribution in [0.1, 0.15) is 57.4 Å². The Kier molecular flexibility index (Phi) is 6.71. The van der Waals surface area contributed by atoms with Gasteiger partial charge in [0.05, 0.1) is 23.4 Å². The van der Waals surface area contributed by atoms with E-state index in [4.69, 9.17) is 4.74 Å². The fraction of sp³-hybridized carbons (Fsp3) is 0.350. The zero-order valence-corrected chi connectivity index (χ0v) is 15.1. The van der Waals surface area contributed by atoms with Crippen LogP contribution in [-0.4, -0.2) is 23.3 Å². The zero-order valence-electron chi connectivity index (χ0n) is 15.1. The largest absolute Gasteiger partial charge is 0.462 e. The van der Waals surface area contributed by atoms with E-state index < -0.39 is 17.7 Å². The fourth-order valence-corrected chi connectivity index (χ4v) is 2.58. The first kappa shape index (κ1) is 20.6. The van der Waals surface area contributed by atoms with Crippen LogP contribution < -0.4 is 0 Å². The number of benzene rings is 1. The van der Waals surface area contributed by atoms with Gasteiger partial charge in [0.25, 0.3) is 0 Å². The Bertz CT molecular complexity index is 814. The van der Waals surface area contributed by atoms with Crippen LogP contribution in [0.5, 0.6) is 0 Å². The molecule has 7 heteroatoms. The maximum absolute atomic E-state index is 12.5. The van der Waals surface area contributed by atoms with Gasteiger partial charge in [-0.3, -0.25) is 4.79 Å². The van der Waals surface area contributed by atoms with Gasteiger partial charge in [0.2, 0.25) is 0 Å². The molecule has 144 valence electrons. The number of esters is 1. The lowest BCUT2D eigenvalue weighted by Gasteiger charge is -2.08. The molecular formula is C20H20F3NO3. The molecule has 27 heavy (non-hydrogen) atoms. The summed E-state index contributed by atoms with van der Waals surface area (Å²) < 4.78 is 42.5. The summed E-state index contributed by atoms with van der Waals surface area (Å²) in [4.78, 5) is 28.2. The van der Waals surface area contributed by atoms with Crippen LogP contribution >= 0.6 is 0 Å². The van der Waals surface area contributed by atoms with Crippen molar-refractivity contribution in [3.05, 3.63) is 64.5 Å². The molecule has 0 aliphatic rings. The van der Waals surface area contributed by atoms with E-state index in [2.05, 4.69) is 4.98 Å². The molecule has 1 aromatic heterocycles. The molecule has 2 aromatic rings. The van der Waals surface area contributed by atoms with Gasteiger partial charge >= 0.3 is 12.1 Å². The van der Waals surface area contributed by atoms with Gasteiger partial charge in [-0.2, -0.15) is 13.2 Å². The number of hydrogen-bond acceptors (Lipinski definition) is 4. The van der Waals surface area contributed by atoms with Gasteiger partial charge in [-0.25, -0.2) is 9.78 Å². The molecule has 2 rings (SSSR count). The maximum Gasteiger partial charge on any atom is 0.416 e. The molecule has 1 aromatic carbocycles. The quantitative estimate of drug-likeness (QED) is 0.513. The minimum Gasteiger partial charge on any atom is -0.462 e. The van der Waals surface area contributed by atoms with E-state index in [1.54, 1.807) is 13.8 Å². The zero-order chi connectivity index (χ0) is 20.0. The molecule has 0 bridgehead atoms. The number of hydrogen-bond donors (Lipinski definition) is 0. The minimum absolute atomic E-state index is 0.180. The Morgan fingerprint density at radius 3 is 2.30 bits per heavy atom. The molecule has 0 saturated carbocycles. The molecule has 0 radical (unpaired) electrons. The molecule has 4 nitrogen and oxygen atoms in total. The number of nitrogens with zero attached hydrogens (tertiary/aromatic N) is 1. The van der Waals surface area contributed by atoms with Gasteiger partial charge in [-0.05, 0) is 56.5 Å². The number of carbonyl (C=O) groups excluding carboxylic acids is 2. The van der Waals surface area contributed by atoms with Crippen molar-refractivity contribution in [1.82, 2.24) is 4.98 Å². The summed E-state index contributed by atoms with van der Waals surface area (Å²) in [6.07, 6.45) is -3.16. The Morgan fingerprint density at radius 1 is 1.07 bits per heavy atom. The number of pyridine rings is 1. The van der Waals surface area contributed by atoms with Crippen molar-refractivity contribution in [2.75, 3.05) is 6.61 Å². The molecule has 0 fully saturated rings. The second-order valence-corrected chi connectivity index (χ2v) is 6.02. The Balaban J connectivity index is 1.92. The van der Waals surface area contributed by atoms with Crippen molar-refractivity contribution >= 4 is 11.8 Å². The van der Waals surface area contributed by atoms with Crippen LogP contribution in [0, 0.1) is 6.92 Å². The van der Waals surface area contributed by atoms with Crippen LogP contribution in [0.2, 0.25) is 0 Å². The summed E-state index contributed by atoms with van der Waals surface area (Å²) in [6, 6.07) is 7.92. The number of Topliss-reactive ketones (excluding diaryl/α,β-unsaturated/α-hetero) is 1. The molecule has 0 unspecified atom stereocenters. The van der Waals surface area contributed by atoms with Gasteiger partial charge < -0.3 is 4.74 Å².